The molecule has 2 atom stereocenters. The van der Waals surface area contributed by atoms with E-state index in [-0.39, 0.29) is 5.71 Å². The largest absolute Gasteiger partial charge is 0.573 e. The fourth-order valence-electron chi connectivity index (χ4n) is 5.30. The lowest BCUT2D eigenvalue weighted by Gasteiger charge is -2.30. The van der Waals surface area contributed by atoms with Crippen molar-refractivity contribution in [3.8, 4) is 29.3 Å². The molecule has 0 amide bonds. The number of benzene rings is 1. The number of hydrogen-bond donors (Lipinski definition) is 0. The van der Waals surface area contributed by atoms with Crippen molar-refractivity contribution in [3.63, 3.8) is 0 Å². The van der Waals surface area contributed by atoms with Crippen LogP contribution in [0.25, 0.3) is 20.5 Å². The van der Waals surface area contributed by atoms with Crippen LogP contribution in [-0.4, -0.2) is 24.1 Å². The van der Waals surface area contributed by atoms with E-state index >= 15 is 0 Å². The summed E-state index contributed by atoms with van der Waals surface area (Å²) in [5, 5.41) is 18.7. The number of fused-ring (bicyclic) bond motifs is 9. The Kier molecular flexibility index (Phi) is 5.28. The molecule has 0 N–H and O–H groups in total. The van der Waals surface area contributed by atoms with Crippen LogP contribution in [0.1, 0.15) is 27.8 Å². The summed E-state index contributed by atoms with van der Waals surface area (Å²) in [6.45, 7) is 1.82. The number of aliphatic imine (C=N–C) groups is 2. The molecule has 0 spiro atoms. The minimum Gasteiger partial charge on any atom is -0.406 e. The highest BCUT2D eigenvalue weighted by molar-refractivity contribution is 7.31. The van der Waals surface area contributed by atoms with E-state index in [1.807, 2.05) is 6.92 Å². The summed E-state index contributed by atoms with van der Waals surface area (Å²) in [5.74, 6) is -1.57. The second-order valence-corrected chi connectivity index (χ2v) is 10.9. The molecule has 6 nitrogen and oxygen atoms in total. The van der Waals surface area contributed by atoms with Crippen LogP contribution in [-0.2, 0) is 10.2 Å². The topological polar surface area (TPSA) is 90.8 Å². The van der Waals surface area contributed by atoms with Crippen LogP contribution in [0, 0.1) is 28.8 Å². The van der Waals surface area contributed by atoms with Crippen molar-refractivity contribution >= 4 is 43.5 Å². The number of nitriles is 2. The van der Waals surface area contributed by atoms with E-state index in [9.17, 15) is 36.9 Å². The molecule has 196 valence electrons. The number of ether oxygens (including phenoxy) is 2. The lowest BCUT2D eigenvalue weighted by molar-refractivity contribution is -0.303. The molecule has 0 bridgehead atoms. The summed E-state index contributed by atoms with van der Waals surface area (Å²) in [4.78, 5) is 9.04. The number of allylic oxidation sites excluding steroid dienone is 3. The Hall–Kier alpha value is -4.14. The molecule has 39 heavy (non-hydrogen) atoms. The van der Waals surface area contributed by atoms with Gasteiger partial charge in [0.1, 0.15) is 17.2 Å². The number of halogens is 6. The average Bonchev–Trinajstić information content (AvgIpc) is 3.50. The Labute approximate surface area is 223 Å². The monoisotopic (exact) mass is 576 g/mol. The highest BCUT2D eigenvalue weighted by Gasteiger charge is 2.51. The van der Waals surface area contributed by atoms with Crippen molar-refractivity contribution in [3.05, 3.63) is 63.1 Å². The average molecular weight is 577 g/mol. The Balaban J connectivity index is 1.54. The standard InChI is InChI=1S/C25H10F6N4O2S2/c1-23-5-4-11(37-25(29,30)31)7-14(23)18(35-9-33)21-16(23)22-20(39-21)15-12-3-2-10(36-24(26,27)28)6-13(12)17(34-8-32)19(15)38-22/h2-7,14H,1H3. The number of hydrogen-bond acceptors (Lipinski definition) is 8. The molecule has 3 aromatic rings. The van der Waals surface area contributed by atoms with Crippen LogP contribution in [0.4, 0.5) is 26.3 Å². The van der Waals surface area contributed by atoms with Crippen LogP contribution in [0.2, 0.25) is 0 Å². The summed E-state index contributed by atoms with van der Waals surface area (Å²) in [6, 6.07) is 3.81. The van der Waals surface area contributed by atoms with Gasteiger partial charge in [0.05, 0.1) is 24.9 Å². The fraction of sp³-hybridized carbons (Fsp3) is 0.200. The van der Waals surface area contributed by atoms with E-state index < -0.39 is 35.6 Å². The molecule has 3 aliphatic carbocycles. The zero-order valence-electron chi connectivity index (χ0n) is 19.2. The number of nitrogens with zero attached hydrogens (tertiary/aromatic N) is 4. The van der Waals surface area contributed by atoms with Gasteiger partial charge in [-0.2, -0.15) is 20.5 Å². The van der Waals surface area contributed by atoms with Crippen LogP contribution >= 0.6 is 22.7 Å². The third-order valence-corrected chi connectivity index (χ3v) is 9.26. The van der Waals surface area contributed by atoms with Gasteiger partial charge in [-0.05, 0) is 35.9 Å². The first kappa shape index (κ1) is 25.2. The first-order valence-electron chi connectivity index (χ1n) is 11.0. The Bertz CT molecular complexity index is 1800. The van der Waals surface area contributed by atoms with E-state index in [2.05, 4.69) is 19.5 Å². The highest BCUT2D eigenvalue weighted by atomic mass is 32.1. The molecule has 0 radical (unpaired) electrons. The van der Waals surface area contributed by atoms with Crippen LogP contribution in [0.15, 0.2) is 52.2 Å². The normalized spacial score (nSPS) is 23.2. The van der Waals surface area contributed by atoms with Crippen molar-refractivity contribution in [1.82, 2.24) is 0 Å². The van der Waals surface area contributed by atoms with E-state index in [1.165, 1.54) is 53.0 Å². The molecular formula is C25H10F6N4O2S2. The van der Waals surface area contributed by atoms with E-state index in [1.54, 1.807) is 18.5 Å². The van der Waals surface area contributed by atoms with E-state index in [0.717, 1.165) is 15.0 Å². The van der Waals surface area contributed by atoms with Crippen molar-refractivity contribution in [2.24, 2.45) is 15.9 Å². The van der Waals surface area contributed by atoms with Crippen molar-refractivity contribution in [2.45, 2.75) is 25.1 Å². The van der Waals surface area contributed by atoms with Gasteiger partial charge in [-0.1, -0.05) is 13.0 Å². The molecule has 14 heteroatoms. The molecule has 0 saturated carbocycles. The van der Waals surface area contributed by atoms with Gasteiger partial charge in [0.15, 0.2) is 0 Å². The predicted molar refractivity (Wildman–Crippen MR) is 130 cm³/mol. The zero-order valence-corrected chi connectivity index (χ0v) is 20.9. The summed E-state index contributed by atoms with van der Waals surface area (Å²) >= 11 is 2.55. The first-order chi connectivity index (χ1) is 18.3. The molecule has 6 rings (SSSR count). The maximum absolute atomic E-state index is 12.9. The number of thiophene rings is 2. The zero-order chi connectivity index (χ0) is 27.9. The second-order valence-electron chi connectivity index (χ2n) is 8.89. The maximum Gasteiger partial charge on any atom is 0.573 e. The van der Waals surface area contributed by atoms with Crippen LogP contribution < -0.4 is 4.74 Å². The van der Waals surface area contributed by atoms with E-state index in [0.29, 0.717) is 32.2 Å². The number of alkyl halides is 6. The predicted octanol–water partition coefficient (Wildman–Crippen LogP) is 7.31. The third-order valence-electron chi connectivity index (χ3n) is 6.69. The molecule has 0 saturated heterocycles. The van der Waals surface area contributed by atoms with Crippen molar-refractivity contribution in [2.75, 3.05) is 0 Å². The summed E-state index contributed by atoms with van der Waals surface area (Å²) in [5.41, 5.74) is 1.92. The molecule has 0 fully saturated rings. The van der Waals surface area contributed by atoms with E-state index in [4.69, 9.17) is 0 Å². The molecule has 2 heterocycles. The third kappa shape index (κ3) is 3.82. The lowest BCUT2D eigenvalue weighted by Crippen LogP contribution is -2.30. The maximum atomic E-state index is 12.9. The number of rotatable bonds is 2. The quantitative estimate of drug-likeness (QED) is 0.185. The minimum atomic E-state index is -4.90. The summed E-state index contributed by atoms with van der Waals surface area (Å²) in [7, 11) is 0. The molecule has 2 unspecified atom stereocenters. The van der Waals surface area contributed by atoms with Crippen molar-refractivity contribution in [1.29, 1.82) is 10.5 Å². The molecular weight excluding hydrogens is 566 g/mol. The minimum absolute atomic E-state index is 0.197. The first-order valence-corrected chi connectivity index (χ1v) is 12.6. The smallest absolute Gasteiger partial charge is 0.406 e. The molecule has 0 aliphatic heterocycles. The van der Waals surface area contributed by atoms with Gasteiger partial charge in [0.2, 0.25) is 12.4 Å². The molecule has 3 aliphatic rings. The van der Waals surface area contributed by atoms with Gasteiger partial charge in [-0.25, -0.2) is 0 Å². The van der Waals surface area contributed by atoms with Gasteiger partial charge >= 0.3 is 12.7 Å². The van der Waals surface area contributed by atoms with Gasteiger partial charge in [-0.15, -0.1) is 49.0 Å². The highest BCUT2D eigenvalue weighted by Crippen LogP contribution is 2.59. The fourth-order valence-corrected chi connectivity index (χ4v) is 8.49. The molecule has 2 aromatic heterocycles. The van der Waals surface area contributed by atoms with Gasteiger partial charge < -0.3 is 9.47 Å². The lowest BCUT2D eigenvalue weighted by atomic mass is 9.73. The Morgan fingerprint density at radius 3 is 2.28 bits per heavy atom. The summed E-state index contributed by atoms with van der Waals surface area (Å²) in [6.07, 6.45) is -2.24. The van der Waals surface area contributed by atoms with Gasteiger partial charge in [-0.3, -0.25) is 0 Å². The van der Waals surface area contributed by atoms with Gasteiger partial charge in [0.25, 0.3) is 0 Å². The van der Waals surface area contributed by atoms with Crippen LogP contribution in [0.5, 0.6) is 5.75 Å². The van der Waals surface area contributed by atoms with Gasteiger partial charge in [0, 0.05) is 28.0 Å². The summed E-state index contributed by atoms with van der Waals surface area (Å²) < 4.78 is 86.7. The van der Waals surface area contributed by atoms with Crippen LogP contribution in [0.3, 0.4) is 0 Å². The van der Waals surface area contributed by atoms with Crippen molar-refractivity contribution < 1.29 is 35.8 Å². The Morgan fingerprint density at radius 2 is 1.62 bits per heavy atom. The SMILES string of the molecule is CC12C=CC(OC(F)(F)F)=CC1C(=NC#N)c1sc3c4c(sc3c12)C(=NC#N)c1cc(OC(F)(F)F)ccc1-4. The Morgan fingerprint density at radius 1 is 0.923 bits per heavy atom. The molecule has 1 aromatic carbocycles. The second kappa shape index (κ2) is 8.18.